The molecular weight excluding hydrogens is 188 g/mol. The number of hydrogen-bond acceptors (Lipinski definition) is 3. The molecule has 1 aliphatic rings. The number of nitrogens with zero attached hydrogens (tertiary/aromatic N) is 1. The van der Waals surface area contributed by atoms with E-state index in [0.717, 1.165) is 26.2 Å². The number of ether oxygens (including phenoxy) is 1. The fourth-order valence-electron chi connectivity index (χ4n) is 2.59. The number of methoxy groups -OCH3 is 1. The van der Waals surface area contributed by atoms with Gasteiger partial charge in [-0.15, -0.1) is 0 Å². The van der Waals surface area contributed by atoms with E-state index in [1.165, 1.54) is 6.42 Å². The highest BCUT2D eigenvalue weighted by molar-refractivity contribution is 4.86. The first kappa shape index (κ1) is 12.9. The van der Waals surface area contributed by atoms with Crippen LogP contribution in [0, 0.1) is 11.3 Å². The Labute approximate surface area is 94.0 Å². The van der Waals surface area contributed by atoms with Gasteiger partial charge in [0, 0.05) is 31.7 Å². The molecule has 2 unspecified atom stereocenters. The minimum Gasteiger partial charge on any atom is -0.384 e. The average molecular weight is 214 g/mol. The highest BCUT2D eigenvalue weighted by Crippen LogP contribution is 2.27. The first-order valence-electron chi connectivity index (χ1n) is 5.91. The standard InChI is InChI=1S/C12H26N2O/c1-10-5-11(6-13)7-14(10)8-12(2,3)9-15-4/h10-11H,5-9,13H2,1-4H3. The van der Waals surface area contributed by atoms with E-state index >= 15 is 0 Å². The van der Waals surface area contributed by atoms with Crippen LogP contribution in [0.15, 0.2) is 0 Å². The predicted octanol–water partition coefficient (Wildman–Crippen LogP) is 1.33. The summed E-state index contributed by atoms with van der Waals surface area (Å²) < 4.78 is 5.25. The van der Waals surface area contributed by atoms with Crippen molar-refractivity contribution in [1.29, 1.82) is 0 Å². The lowest BCUT2D eigenvalue weighted by Crippen LogP contribution is -2.39. The molecule has 1 saturated heterocycles. The second kappa shape index (κ2) is 5.28. The zero-order valence-electron chi connectivity index (χ0n) is 10.6. The monoisotopic (exact) mass is 214 g/mol. The maximum absolute atomic E-state index is 5.73. The Bertz CT molecular complexity index is 194. The molecule has 1 heterocycles. The van der Waals surface area contributed by atoms with Gasteiger partial charge in [0.2, 0.25) is 0 Å². The van der Waals surface area contributed by atoms with Gasteiger partial charge in [-0.05, 0) is 25.8 Å². The molecule has 90 valence electrons. The third kappa shape index (κ3) is 3.74. The Kier molecular flexibility index (Phi) is 4.56. The SMILES string of the molecule is COCC(C)(C)CN1CC(CN)CC1C. The first-order valence-corrected chi connectivity index (χ1v) is 5.91. The van der Waals surface area contributed by atoms with E-state index in [0.29, 0.717) is 12.0 Å². The molecule has 0 radical (unpaired) electrons. The Morgan fingerprint density at radius 2 is 2.13 bits per heavy atom. The number of rotatable bonds is 5. The molecule has 1 fully saturated rings. The van der Waals surface area contributed by atoms with Crippen molar-refractivity contribution in [2.45, 2.75) is 33.2 Å². The summed E-state index contributed by atoms with van der Waals surface area (Å²) in [7, 11) is 1.78. The van der Waals surface area contributed by atoms with Crippen molar-refractivity contribution >= 4 is 0 Å². The maximum atomic E-state index is 5.73. The third-order valence-electron chi connectivity index (χ3n) is 3.29. The second-order valence-electron chi connectivity index (χ2n) is 5.71. The first-order chi connectivity index (χ1) is 6.98. The summed E-state index contributed by atoms with van der Waals surface area (Å²) in [5, 5.41) is 0. The minimum atomic E-state index is 0.243. The maximum Gasteiger partial charge on any atom is 0.0525 e. The van der Waals surface area contributed by atoms with Crippen LogP contribution in [-0.2, 0) is 4.74 Å². The summed E-state index contributed by atoms with van der Waals surface area (Å²) in [6.07, 6.45) is 1.25. The van der Waals surface area contributed by atoms with Crippen LogP contribution in [0.4, 0.5) is 0 Å². The molecule has 0 bridgehead atoms. The van der Waals surface area contributed by atoms with Crippen molar-refractivity contribution in [1.82, 2.24) is 4.90 Å². The quantitative estimate of drug-likeness (QED) is 0.750. The molecule has 0 aromatic heterocycles. The van der Waals surface area contributed by atoms with Crippen LogP contribution in [-0.4, -0.2) is 44.3 Å². The van der Waals surface area contributed by atoms with E-state index in [2.05, 4.69) is 25.7 Å². The van der Waals surface area contributed by atoms with Crippen molar-refractivity contribution in [2.24, 2.45) is 17.1 Å². The topological polar surface area (TPSA) is 38.5 Å². The van der Waals surface area contributed by atoms with Gasteiger partial charge in [-0.1, -0.05) is 13.8 Å². The van der Waals surface area contributed by atoms with E-state index in [1.807, 2.05) is 0 Å². The lowest BCUT2D eigenvalue weighted by atomic mass is 9.94. The van der Waals surface area contributed by atoms with Crippen molar-refractivity contribution in [2.75, 3.05) is 33.4 Å². The summed E-state index contributed by atoms with van der Waals surface area (Å²) in [5.41, 5.74) is 5.97. The highest BCUT2D eigenvalue weighted by Gasteiger charge is 2.32. The number of likely N-dealkylation sites (tertiary alicyclic amines) is 1. The van der Waals surface area contributed by atoms with Gasteiger partial charge >= 0.3 is 0 Å². The summed E-state index contributed by atoms with van der Waals surface area (Å²) in [6, 6.07) is 0.676. The third-order valence-corrected chi connectivity index (χ3v) is 3.29. The summed E-state index contributed by atoms with van der Waals surface area (Å²) >= 11 is 0. The molecular formula is C12H26N2O. The second-order valence-corrected chi connectivity index (χ2v) is 5.71. The van der Waals surface area contributed by atoms with Gasteiger partial charge in [0.05, 0.1) is 6.61 Å². The van der Waals surface area contributed by atoms with Crippen molar-refractivity contribution < 1.29 is 4.74 Å². The van der Waals surface area contributed by atoms with Gasteiger partial charge in [-0.25, -0.2) is 0 Å². The van der Waals surface area contributed by atoms with Crippen molar-refractivity contribution in [3.8, 4) is 0 Å². The largest absolute Gasteiger partial charge is 0.384 e. The molecule has 3 nitrogen and oxygen atoms in total. The van der Waals surface area contributed by atoms with Crippen LogP contribution in [0.5, 0.6) is 0 Å². The molecule has 15 heavy (non-hydrogen) atoms. The number of nitrogens with two attached hydrogens (primary N) is 1. The number of hydrogen-bond donors (Lipinski definition) is 1. The average Bonchev–Trinajstić information content (AvgIpc) is 2.46. The van der Waals surface area contributed by atoms with Gasteiger partial charge in [0.25, 0.3) is 0 Å². The molecule has 0 saturated carbocycles. The molecule has 1 aliphatic heterocycles. The molecule has 2 N–H and O–H groups in total. The molecule has 0 aromatic carbocycles. The molecule has 0 spiro atoms. The normalized spacial score (nSPS) is 28.6. The summed E-state index contributed by atoms with van der Waals surface area (Å²) in [6.45, 7) is 10.7. The Hall–Kier alpha value is -0.120. The van der Waals surface area contributed by atoms with Crippen LogP contribution in [0.1, 0.15) is 27.2 Å². The molecule has 0 amide bonds. The smallest absolute Gasteiger partial charge is 0.0525 e. The molecule has 2 atom stereocenters. The van der Waals surface area contributed by atoms with Crippen molar-refractivity contribution in [3.05, 3.63) is 0 Å². The minimum absolute atomic E-state index is 0.243. The Morgan fingerprint density at radius 1 is 1.47 bits per heavy atom. The summed E-state index contributed by atoms with van der Waals surface area (Å²) in [4.78, 5) is 2.55. The molecule has 0 aromatic rings. The molecule has 1 rings (SSSR count). The van der Waals surface area contributed by atoms with E-state index in [1.54, 1.807) is 7.11 Å². The zero-order chi connectivity index (χ0) is 11.5. The van der Waals surface area contributed by atoms with E-state index < -0.39 is 0 Å². The van der Waals surface area contributed by atoms with Crippen LogP contribution < -0.4 is 5.73 Å². The fraction of sp³-hybridized carbons (Fsp3) is 1.00. The van der Waals surface area contributed by atoms with E-state index in [9.17, 15) is 0 Å². The summed E-state index contributed by atoms with van der Waals surface area (Å²) in [5.74, 6) is 0.693. The van der Waals surface area contributed by atoms with Crippen LogP contribution in [0.25, 0.3) is 0 Å². The van der Waals surface area contributed by atoms with Gasteiger partial charge < -0.3 is 10.5 Å². The Balaban J connectivity index is 2.44. The van der Waals surface area contributed by atoms with Gasteiger partial charge in [0.1, 0.15) is 0 Å². The van der Waals surface area contributed by atoms with Crippen LogP contribution >= 0.6 is 0 Å². The predicted molar refractivity (Wildman–Crippen MR) is 63.9 cm³/mol. The fourth-order valence-corrected chi connectivity index (χ4v) is 2.59. The van der Waals surface area contributed by atoms with E-state index in [-0.39, 0.29) is 5.41 Å². The van der Waals surface area contributed by atoms with E-state index in [4.69, 9.17) is 10.5 Å². The van der Waals surface area contributed by atoms with Gasteiger partial charge in [-0.3, -0.25) is 4.90 Å². The van der Waals surface area contributed by atoms with Gasteiger partial charge in [-0.2, -0.15) is 0 Å². The highest BCUT2D eigenvalue weighted by atomic mass is 16.5. The zero-order valence-corrected chi connectivity index (χ0v) is 10.6. The van der Waals surface area contributed by atoms with Gasteiger partial charge in [0.15, 0.2) is 0 Å². The lowest BCUT2D eigenvalue weighted by Gasteiger charge is -2.32. The molecule has 3 heteroatoms. The van der Waals surface area contributed by atoms with Crippen LogP contribution in [0.3, 0.4) is 0 Å². The Morgan fingerprint density at radius 3 is 2.60 bits per heavy atom. The molecule has 0 aliphatic carbocycles. The van der Waals surface area contributed by atoms with Crippen molar-refractivity contribution in [3.63, 3.8) is 0 Å². The lowest BCUT2D eigenvalue weighted by molar-refractivity contribution is 0.0669. The van der Waals surface area contributed by atoms with Crippen LogP contribution in [0.2, 0.25) is 0 Å².